The van der Waals surface area contributed by atoms with Gasteiger partial charge in [-0.3, -0.25) is 9.36 Å². The Morgan fingerprint density at radius 2 is 1.81 bits per heavy atom. The molecule has 1 aromatic heterocycles. The highest BCUT2D eigenvalue weighted by Crippen LogP contribution is 2.31. The fraction of sp³-hybridized carbons (Fsp3) is 0.263. The van der Waals surface area contributed by atoms with Gasteiger partial charge >= 0.3 is 0 Å². The first-order valence-corrected chi connectivity index (χ1v) is 11.2. The maximum absolute atomic E-state index is 13.1. The van der Waals surface area contributed by atoms with Crippen LogP contribution in [-0.4, -0.2) is 45.9 Å². The number of benzene rings is 2. The lowest BCUT2D eigenvalue weighted by Gasteiger charge is -2.17. The summed E-state index contributed by atoms with van der Waals surface area (Å²) in [5.74, 6) is -0.386. The van der Waals surface area contributed by atoms with E-state index in [1.165, 1.54) is 4.57 Å². The van der Waals surface area contributed by atoms with Crippen molar-refractivity contribution in [2.75, 3.05) is 11.5 Å². The van der Waals surface area contributed by atoms with Crippen LogP contribution in [0.1, 0.15) is 5.56 Å². The van der Waals surface area contributed by atoms with Gasteiger partial charge in [-0.05, 0) is 31.2 Å². The normalized spacial score (nSPS) is 21.6. The van der Waals surface area contributed by atoms with Crippen LogP contribution >= 0.6 is 11.8 Å². The van der Waals surface area contributed by atoms with Gasteiger partial charge in [0.25, 0.3) is 5.56 Å². The number of para-hydroxylation sites is 1. The molecule has 0 radical (unpaired) electrons. The number of aryl methyl sites for hydroxylation is 1. The molecule has 0 aliphatic carbocycles. The molecule has 1 aliphatic heterocycles. The van der Waals surface area contributed by atoms with Crippen molar-refractivity contribution in [3.05, 3.63) is 64.4 Å². The van der Waals surface area contributed by atoms with Gasteiger partial charge in [0.1, 0.15) is 0 Å². The molecule has 0 unspecified atom stereocenters. The Morgan fingerprint density at radius 3 is 2.48 bits per heavy atom. The van der Waals surface area contributed by atoms with Crippen molar-refractivity contribution in [3.63, 3.8) is 0 Å². The van der Waals surface area contributed by atoms with E-state index in [0.717, 1.165) is 17.3 Å². The summed E-state index contributed by atoms with van der Waals surface area (Å²) in [5, 5.41) is 10.5. The zero-order valence-electron chi connectivity index (χ0n) is 14.6. The largest absolute Gasteiger partial charge is 0.391 e. The van der Waals surface area contributed by atoms with Crippen molar-refractivity contribution < 1.29 is 13.5 Å². The maximum atomic E-state index is 13.1. The second-order valence-corrected chi connectivity index (χ2v) is 10.0. The summed E-state index contributed by atoms with van der Waals surface area (Å²) >= 11 is 1.14. The summed E-state index contributed by atoms with van der Waals surface area (Å²) in [4.78, 5) is 17.7. The van der Waals surface area contributed by atoms with Gasteiger partial charge < -0.3 is 5.11 Å². The molecule has 3 aromatic rings. The topological polar surface area (TPSA) is 89.3 Å². The number of aliphatic hydroxyl groups excluding tert-OH is 1. The van der Waals surface area contributed by atoms with Gasteiger partial charge in [0.05, 0.1) is 39.4 Å². The van der Waals surface area contributed by atoms with Crippen LogP contribution < -0.4 is 5.56 Å². The highest BCUT2D eigenvalue weighted by atomic mass is 32.2. The molecule has 1 saturated heterocycles. The molecule has 8 heteroatoms. The first-order chi connectivity index (χ1) is 12.8. The Balaban J connectivity index is 1.89. The molecule has 1 fully saturated rings. The van der Waals surface area contributed by atoms with Crippen LogP contribution in [-0.2, 0) is 9.84 Å². The third-order valence-electron chi connectivity index (χ3n) is 4.57. The fourth-order valence-electron chi connectivity index (χ4n) is 3.16. The summed E-state index contributed by atoms with van der Waals surface area (Å²) < 4.78 is 25.2. The summed E-state index contributed by atoms with van der Waals surface area (Å²) in [6.07, 6.45) is -0.977. The molecule has 2 heterocycles. The molecule has 1 aliphatic rings. The minimum absolute atomic E-state index is 0.130. The third-order valence-corrected chi connectivity index (χ3v) is 7.76. The first kappa shape index (κ1) is 18.2. The maximum Gasteiger partial charge on any atom is 0.266 e. The summed E-state index contributed by atoms with van der Waals surface area (Å²) in [7, 11) is -3.29. The number of rotatable bonds is 3. The Morgan fingerprint density at radius 1 is 1.11 bits per heavy atom. The lowest BCUT2D eigenvalue weighted by atomic mass is 10.2. The van der Waals surface area contributed by atoms with E-state index in [1.54, 1.807) is 24.3 Å². The predicted octanol–water partition coefficient (Wildman–Crippen LogP) is 1.94. The third kappa shape index (κ3) is 3.52. The molecule has 2 aromatic carbocycles. The van der Waals surface area contributed by atoms with E-state index in [4.69, 9.17) is 0 Å². The quantitative estimate of drug-likeness (QED) is 0.674. The van der Waals surface area contributed by atoms with Crippen molar-refractivity contribution in [1.29, 1.82) is 0 Å². The molecule has 6 nitrogen and oxygen atoms in total. The average Bonchev–Trinajstić information content (AvgIpc) is 2.88. The second-order valence-electron chi connectivity index (χ2n) is 6.69. The minimum atomic E-state index is -3.29. The van der Waals surface area contributed by atoms with Crippen molar-refractivity contribution in [2.24, 2.45) is 0 Å². The van der Waals surface area contributed by atoms with Gasteiger partial charge in [-0.25, -0.2) is 13.4 Å². The molecule has 140 valence electrons. The van der Waals surface area contributed by atoms with Crippen LogP contribution in [0, 0.1) is 6.92 Å². The molecule has 1 N–H and O–H groups in total. The summed E-state index contributed by atoms with van der Waals surface area (Å²) in [6, 6.07) is 14.5. The Bertz CT molecular complexity index is 1170. The number of thioether (sulfide) groups is 1. The molecule has 0 spiro atoms. The first-order valence-electron chi connectivity index (χ1n) is 8.48. The standard InChI is InChI=1S/C19H18N2O4S2/c1-12-6-8-13(9-7-12)21-18(23)14-4-2-3-5-15(14)20-19(21)26-17-11-27(24,25)10-16(17)22/h2-9,16-17,22H,10-11H2,1H3/t16-,17+/m0/s1. The molecule has 0 bridgehead atoms. The number of hydrogen-bond acceptors (Lipinski definition) is 6. The fourth-order valence-corrected chi connectivity index (χ4v) is 6.75. The summed E-state index contributed by atoms with van der Waals surface area (Å²) in [6.45, 7) is 1.96. The van der Waals surface area contributed by atoms with E-state index < -0.39 is 21.2 Å². The number of nitrogens with zero attached hydrogens (tertiary/aromatic N) is 2. The molecular weight excluding hydrogens is 384 g/mol. The lowest BCUT2D eigenvalue weighted by Crippen LogP contribution is -2.25. The van der Waals surface area contributed by atoms with Crippen LogP contribution in [0.4, 0.5) is 0 Å². The smallest absolute Gasteiger partial charge is 0.266 e. The molecule has 0 amide bonds. The Labute approximate surface area is 160 Å². The Kier molecular flexibility index (Phi) is 4.57. The SMILES string of the molecule is Cc1ccc(-n2c(S[C@@H]3CS(=O)(=O)C[C@@H]3O)nc3ccccc3c2=O)cc1. The molecule has 2 atom stereocenters. The number of aromatic nitrogens is 2. The monoisotopic (exact) mass is 402 g/mol. The van der Waals surface area contributed by atoms with E-state index in [0.29, 0.717) is 21.7 Å². The number of fused-ring (bicyclic) bond motifs is 1. The van der Waals surface area contributed by atoms with Crippen molar-refractivity contribution >= 4 is 32.5 Å². The van der Waals surface area contributed by atoms with Crippen LogP contribution in [0.15, 0.2) is 58.5 Å². The number of hydrogen-bond donors (Lipinski definition) is 1. The van der Waals surface area contributed by atoms with Crippen LogP contribution in [0.5, 0.6) is 0 Å². The summed E-state index contributed by atoms with van der Waals surface area (Å²) in [5.41, 5.74) is 2.04. The van der Waals surface area contributed by atoms with Crippen molar-refractivity contribution in [2.45, 2.75) is 23.4 Å². The second kappa shape index (κ2) is 6.78. The van der Waals surface area contributed by atoms with Gasteiger partial charge in [0, 0.05) is 0 Å². The molecule has 4 rings (SSSR count). The lowest BCUT2D eigenvalue weighted by molar-refractivity contribution is 0.207. The van der Waals surface area contributed by atoms with E-state index in [1.807, 2.05) is 31.2 Å². The molecule has 0 saturated carbocycles. The molecule has 27 heavy (non-hydrogen) atoms. The van der Waals surface area contributed by atoms with E-state index in [-0.39, 0.29) is 17.1 Å². The van der Waals surface area contributed by atoms with Crippen molar-refractivity contribution in [3.8, 4) is 5.69 Å². The van der Waals surface area contributed by atoms with Gasteiger partial charge in [-0.2, -0.15) is 0 Å². The van der Waals surface area contributed by atoms with Crippen LogP contribution in [0.25, 0.3) is 16.6 Å². The van der Waals surface area contributed by atoms with Gasteiger partial charge in [0.15, 0.2) is 15.0 Å². The average molecular weight is 402 g/mol. The predicted molar refractivity (Wildman–Crippen MR) is 106 cm³/mol. The van der Waals surface area contributed by atoms with E-state index in [9.17, 15) is 18.3 Å². The number of aliphatic hydroxyl groups is 1. The highest BCUT2D eigenvalue weighted by Gasteiger charge is 2.38. The van der Waals surface area contributed by atoms with E-state index in [2.05, 4.69) is 4.98 Å². The zero-order chi connectivity index (χ0) is 19.2. The highest BCUT2D eigenvalue weighted by molar-refractivity contribution is 8.01. The van der Waals surface area contributed by atoms with Crippen molar-refractivity contribution in [1.82, 2.24) is 9.55 Å². The van der Waals surface area contributed by atoms with E-state index >= 15 is 0 Å². The number of sulfone groups is 1. The van der Waals surface area contributed by atoms with Gasteiger partial charge in [-0.1, -0.05) is 41.6 Å². The Hall–Kier alpha value is -2.16. The van der Waals surface area contributed by atoms with Crippen LogP contribution in [0.3, 0.4) is 0 Å². The van der Waals surface area contributed by atoms with Crippen LogP contribution in [0.2, 0.25) is 0 Å². The molecular formula is C19H18N2O4S2. The van der Waals surface area contributed by atoms with Gasteiger partial charge in [0.2, 0.25) is 0 Å². The minimum Gasteiger partial charge on any atom is -0.391 e. The van der Waals surface area contributed by atoms with Gasteiger partial charge in [-0.15, -0.1) is 0 Å². The zero-order valence-corrected chi connectivity index (χ0v) is 16.2.